The molecule has 5 nitrogen and oxygen atoms in total. The summed E-state index contributed by atoms with van der Waals surface area (Å²) < 4.78 is 14.5. The molecule has 1 spiro atoms. The van der Waals surface area contributed by atoms with E-state index < -0.39 is 11.5 Å². The summed E-state index contributed by atoms with van der Waals surface area (Å²) in [7, 11) is 1.73. The number of amidine groups is 1. The van der Waals surface area contributed by atoms with Crippen LogP contribution >= 0.6 is 23.2 Å². The predicted molar refractivity (Wildman–Crippen MR) is 135 cm³/mol. The zero-order valence-corrected chi connectivity index (χ0v) is 20.3. The van der Waals surface area contributed by atoms with Gasteiger partial charge in [0.05, 0.1) is 6.04 Å². The molecule has 0 aromatic heterocycles. The first-order valence-corrected chi connectivity index (χ1v) is 12.0. The molecular formula is C26H25Cl2FN4O. The predicted octanol–water partition coefficient (Wildman–Crippen LogP) is 5.56. The first-order valence-electron chi connectivity index (χ1n) is 11.2. The number of halogens is 3. The molecule has 176 valence electrons. The normalized spacial score (nSPS) is 29.0. The van der Waals surface area contributed by atoms with E-state index in [1.165, 1.54) is 12.1 Å². The average molecular weight is 499 g/mol. The fraction of sp³-hybridized carbons (Fsp3) is 0.308. The van der Waals surface area contributed by atoms with Crippen molar-refractivity contribution in [3.8, 4) is 0 Å². The van der Waals surface area contributed by atoms with Gasteiger partial charge in [0, 0.05) is 29.2 Å². The van der Waals surface area contributed by atoms with E-state index in [0.717, 1.165) is 16.2 Å². The molecule has 1 fully saturated rings. The summed E-state index contributed by atoms with van der Waals surface area (Å²) in [4.78, 5) is 14.1. The maximum atomic E-state index is 14.5. The highest BCUT2D eigenvalue weighted by atomic mass is 35.5. The van der Waals surface area contributed by atoms with Crippen molar-refractivity contribution in [2.24, 2.45) is 16.9 Å². The molecule has 2 heterocycles. The Morgan fingerprint density at radius 2 is 2.00 bits per heavy atom. The molecular weight excluding hydrogens is 474 g/mol. The summed E-state index contributed by atoms with van der Waals surface area (Å²) in [5, 5.41) is 12.3. The second-order valence-electron chi connectivity index (χ2n) is 9.05. The van der Waals surface area contributed by atoms with Gasteiger partial charge in [-0.25, -0.2) is 4.39 Å². The van der Waals surface area contributed by atoms with Gasteiger partial charge in [0.15, 0.2) is 0 Å². The summed E-state index contributed by atoms with van der Waals surface area (Å²) in [6, 6.07) is 9.62. The summed E-state index contributed by atoms with van der Waals surface area (Å²) >= 11 is 12.8. The van der Waals surface area contributed by atoms with E-state index in [4.69, 9.17) is 23.2 Å². The maximum Gasteiger partial charge on any atom is 0.237 e. The number of carbonyl (C=O) groups is 1. The molecule has 5 rings (SSSR count). The van der Waals surface area contributed by atoms with Crippen molar-refractivity contribution in [1.29, 1.82) is 0 Å². The lowest BCUT2D eigenvalue weighted by atomic mass is 9.56. The number of benzene rings is 2. The number of anilines is 1. The van der Waals surface area contributed by atoms with E-state index in [0.29, 0.717) is 35.0 Å². The SMILES string of the molecule is CN/N=C1/C[C@@H](C2C=CC=C(Cl)C2)[C@]2(C(=O)Nc3cc(Cl)ccc32)[C@@H](c2cc(F)ccc2C)N1. The lowest BCUT2D eigenvalue weighted by Crippen LogP contribution is -2.60. The van der Waals surface area contributed by atoms with E-state index in [2.05, 4.69) is 27.2 Å². The number of carbonyl (C=O) groups excluding carboxylic acids is 1. The summed E-state index contributed by atoms with van der Waals surface area (Å²) in [6.45, 7) is 1.93. The van der Waals surface area contributed by atoms with E-state index in [-0.39, 0.29) is 23.6 Å². The number of hydrogen-bond donors (Lipinski definition) is 3. The van der Waals surface area contributed by atoms with Crippen LogP contribution in [0.3, 0.4) is 0 Å². The summed E-state index contributed by atoms with van der Waals surface area (Å²) in [6.07, 6.45) is 7.06. The van der Waals surface area contributed by atoms with E-state index in [9.17, 15) is 9.18 Å². The Morgan fingerprint density at radius 1 is 1.18 bits per heavy atom. The molecule has 0 radical (unpaired) electrons. The smallest absolute Gasteiger partial charge is 0.237 e. The van der Waals surface area contributed by atoms with Crippen molar-refractivity contribution in [3.63, 3.8) is 0 Å². The molecule has 1 saturated heterocycles. The van der Waals surface area contributed by atoms with Gasteiger partial charge in [0.25, 0.3) is 0 Å². The van der Waals surface area contributed by atoms with Gasteiger partial charge < -0.3 is 16.1 Å². The van der Waals surface area contributed by atoms with Crippen LogP contribution in [-0.4, -0.2) is 18.8 Å². The Bertz CT molecular complexity index is 1260. The number of hydrogen-bond acceptors (Lipinski definition) is 3. The molecule has 2 aliphatic heterocycles. The van der Waals surface area contributed by atoms with Crippen LogP contribution < -0.4 is 16.1 Å². The fourth-order valence-corrected chi connectivity index (χ4v) is 6.22. The molecule has 1 unspecified atom stereocenters. The lowest BCUT2D eigenvalue weighted by Gasteiger charge is -2.50. The second-order valence-corrected chi connectivity index (χ2v) is 9.97. The third-order valence-corrected chi connectivity index (χ3v) is 7.71. The summed E-state index contributed by atoms with van der Waals surface area (Å²) in [5.41, 5.74) is 4.95. The third-order valence-electron chi connectivity index (χ3n) is 7.20. The molecule has 0 bridgehead atoms. The minimum atomic E-state index is -1.03. The standard InChI is InChI=1S/C26H25Cl2FN4O/c1-14-6-8-18(29)12-19(14)24-26(20-9-7-17(28)11-22(20)31-25(26)34)21(13-23(32-24)33-30-2)15-4-3-5-16(27)10-15/h3-9,11-12,15,21,24,30H,10,13H2,1-2H3,(H,31,34)(H,32,33)/t15?,21-,24+,26-/m0/s1. The number of amides is 1. The average Bonchev–Trinajstić information content (AvgIpc) is 3.08. The maximum absolute atomic E-state index is 14.5. The monoisotopic (exact) mass is 498 g/mol. The van der Waals surface area contributed by atoms with Gasteiger partial charge in [-0.15, -0.1) is 0 Å². The van der Waals surface area contributed by atoms with Crippen LogP contribution in [0.2, 0.25) is 5.02 Å². The number of fused-ring (bicyclic) bond motifs is 2. The number of allylic oxidation sites excluding steroid dienone is 4. The zero-order valence-electron chi connectivity index (χ0n) is 18.8. The number of aryl methyl sites for hydroxylation is 1. The van der Waals surface area contributed by atoms with Crippen molar-refractivity contribution in [2.45, 2.75) is 31.2 Å². The Balaban J connectivity index is 1.79. The van der Waals surface area contributed by atoms with Crippen molar-refractivity contribution < 1.29 is 9.18 Å². The van der Waals surface area contributed by atoms with E-state index in [1.54, 1.807) is 25.2 Å². The number of nitrogens with zero attached hydrogens (tertiary/aromatic N) is 1. The van der Waals surface area contributed by atoms with E-state index >= 15 is 0 Å². The quantitative estimate of drug-likeness (QED) is 0.485. The van der Waals surface area contributed by atoms with Crippen molar-refractivity contribution >= 4 is 40.6 Å². The third kappa shape index (κ3) is 3.60. The van der Waals surface area contributed by atoms with Crippen LogP contribution in [0.15, 0.2) is 64.8 Å². The molecule has 34 heavy (non-hydrogen) atoms. The first kappa shape index (κ1) is 22.9. The van der Waals surface area contributed by atoms with Crippen molar-refractivity contribution in [2.75, 3.05) is 12.4 Å². The van der Waals surface area contributed by atoms with Crippen LogP contribution in [-0.2, 0) is 10.2 Å². The minimum Gasteiger partial charge on any atom is -0.364 e. The highest BCUT2D eigenvalue weighted by molar-refractivity contribution is 6.31. The van der Waals surface area contributed by atoms with Gasteiger partial charge in [0.2, 0.25) is 5.91 Å². The molecule has 1 amide bonds. The minimum absolute atomic E-state index is 0.0228. The number of hydrazone groups is 1. The Hall–Kier alpha value is -2.83. The highest BCUT2D eigenvalue weighted by Crippen LogP contribution is 2.57. The van der Waals surface area contributed by atoms with Crippen LogP contribution in [0, 0.1) is 24.6 Å². The number of nitrogens with one attached hydrogen (secondary N) is 3. The number of rotatable bonds is 3. The molecule has 2 aromatic carbocycles. The molecule has 3 aliphatic rings. The van der Waals surface area contributed by atoms with Gasteiger partial charge in [-0.05, 0) is 72.2 Å². The molecule has 0 saturated carbocycles. The molecule has 3 N–H and O–H groups in total. The van der Waals surface area contributed by atoms with Crippen molar-refractivity contribution in [3.05, 3.63) is 87.2 Å². The zero-order chi connectivity index (χ0) is 24.0. The van der Waals surface area contributed by atoms with Gasteiger partial charge >= 0.3 is 0 Å². The van der Waals surface area contributed by atoms with Crippen LogP contribution in [0.1, 0.15) is 35.6 Å². The van der Waals surface area contributed by atoms with Crippen molar-refractivity contribution in [1.82, 2.24) is 10.7 Å². The van der Waals surface area contributed by atoms with Gasteiger partial charge in [-0.3, -0.25) is 4.79 Å². The topological polar surface area (TPSA) is 65.5 Å². The Kier molecular flexibility index (Phi) is 5.90. The molecule has 8 heteroatoms. The molecule has 2 aromatic rings. The molecule has 4 atom stereocenters. The largest absolute Gasteiger partial charge is 0.364 e. The van der Waals surface area contributed by atoms with Gasteiger partial charge in [-0.1, -0.05) is 47.5 Å². The van der Waals surface area contributed by atoms with Gasteiger partial charge in [-0.2, -0.15) is 5.10 Å². The highest BCUT2D eigenvalue weighted by Gasteiger charge is 2.62. The first-order chi connectivity index (χ1) is 16.3. The fourth-order valence-electron chi connectivity index (χ4n) is 5.79. The summed E-state index contributed by atoms with van der Waals surface area (Å²) in [5.74, 6) is -0.00955. The van der Waals surface area contributed by atoms with Crippen LogP contribution in [0.5, 0.6) is 0 Å². The Morgan fingerprint density at radius 3 is 2.76 bits per heavy atom. The Labute approximate surface area is 208 Å². The number of piperidine rings is 1. The second kappa shape index (κ2) is 8.75. The van der Waals surface area contributed by atoms with Gasteiger partial charge in [0.1, 0.15) is 17.1 Å². The molecule has 1 aliphatic carbocycles. The van der Waals surface area contributed by atoms with Crippen LogP contribution in [0.25, 0.3) is 0 Å². The van der Waals surface area contributed by atoms with Crippen LogP contribution in [0.4, 0.5) is 10.1 Å². The lowest BCUT2D eigenvalue weighted by molar-refractivity contribution is -0.125. The van der Waals surface area contributed by atoms with E-state index in [1.807, 2.05) is 25.1 Å².